The van der Waals surface area contributed by atoms with Gasteiger partial charge in [0.2, 0.25) is 0 Å². The summed E-state index contributed by atoms with van der Waals surface area (Å²) in [5, 5.41) is 5.71. The van der Waals surface area contributed by atoms with Gasteiger partial charge in [0.1, 0.15) is 0 Å². The molecule has 3 aromatic carbocycles. The lowest BCUT2D eigenvalue weighted by molar-refractivity contribution is 1.45. The first-order chi connectivity index (χ1) is 9.34. The monoisotopic (exact) mass is 245 g/mol. The van der Waals surface area contributed by atoms with E-state index in [1.54, 1.807) is 0 Å². The van der Waals surface area contributed by atoms with Crippen LogP contribution in [0.4, 0.5) is 5.69 Å². The van der Waals surface area contributed by atoms with E-state index < -0.39 is 0 Å². The highest BCUT2D eigenvalue weighted by atomic mass is 15.0. The van der Waals surface area contributed by atoms with Gasteiger partial charge in [-0.05, 0) is 16.8 Å². The lowest BCUT2D eigenvalue weighted by Gasteiger charge is -2.23. The first-order valence-electron chi connectivity index (χ1n) is 6.34. The molecule has 1 nitrogen and oxygen atoms in total. The molecular formula is C18H15N. The summed E-state index contributed by atoms with van der Waals surface area (Å²) in [6, 6.07) is 24.9. The van der Waals surface area contributed by atoms with Gasteiger partial charge in [-0.3, -0.25) is 0 Å². The summed E-state index contributed by atoms with van der Waals surface area (Å²) in [4.78, 5) is 0. The molecule has 0 atom stereocenters. The minimum Gasteiger partial charge on any atom is -0.355 e. The maximum absolute atomic E-state index is 3.79. The third-order valence-corrected chi connectivity index (χ3v) is 3.20. The lowest BCUT2D eigenvalue weighted by Crippen LogP contribution is -2.09. The summed E-state index contributed by atoms with van der Waals surface area (Å²) in [6.45, 7) is 3.79. The van der Waals surface area contributed by atoms with Crippen molar-refractivity contribution in [3.63, 3.8) is 0 Å². The summed E-state index contributed by atoms with van der Waals surface area (Å²) in [5.41, 5.74) is 3.48. The number of rotatable bonds is 0. The van der Waals surface area contributed by atoms with Crippen molar-refractivity contribution in [2.45, 2.75) is 0 Å². The quantitative estimate of drug-likeness (QED) is 0.592. The molecule has 0 aromatic heterocycles. The van der Waals surface area contributed by atoms with Crippen molar-refractivity contribution in [1.29, 1.82) is 0 Å². The van der Waals surface area contributed by atoms with Crippen LogP contribution in [0.5, 0.6) is 0 Å². The molecule has 1 aliphatic rings. The van der Waals surface area contributed by atoms with Gasteiger partial charge in [0.05, 0.1) is 0 Å². The molecule has 0 bridgehead atoms. The molecule has 0 saturated carbocycles. The van der Waals surface area contributed by atoms with Crippen LogP contribution in [0.1, 0.15) is 5.56 Å². The maximum Gasteiger partial charge on any atom is 0.0478 e. The van der Waals surface area contributed by atoms with E-state index >= 15 is 0 Å². The topological polar surface area (TPSA) is 12.0 Å². The average molecular weight is 245 g/mol. The van der Waals surface area contributed by atoms with E-state index in [-0.39, 0.29) is 0 Å². The Balaban J connectivity index is 0.000000117. The highest BCUT2D eigenvalue weighted by molar-refractivity contribution is 5.93. The maximum atomic E-state index is 3.79. The Morgan fingerprint density at radius 1 is 0.632 bits per heavy atom. The molecule has 0 spiro atoms. The number of nitrogens with one attached hydrogen (secondary N) is 1. The lowest BCUT2D eigenvalue weighted by atomic mass is 10.0. The average Bonchev–Trinajstić information content (AvgIpc) is 2.47. The van der Waals surface area contributed by atoms with Gasteiger partial charge < -0.3 is 5.32 Å². The van der Waals surface area contributed by atoms with Crippen molar-refractivity contribution in [2.75, 3.05) is 5.32 Å². The van der Waals surface area contributed by atoms with Crippen LogP contribution in [0.25, 0.3) is 16.5 Å². The van der Waals surface area contributed by atoms with Crippen molar-refractivity contribution in [3.05, 3.63) is 84.9 Å². The van der Waals surface area contributed by atoms with Crippen LogP contribution in [0, 0.1) is 0 Å². The number of anilines is 1. The summed E-state index contributed by atoms with van der Waals surface area (Å²) < 4.78 is 0. The molecule has 0 amide bonds. The fraction of sp³-hybridized carbons (Fsp3) is 0. The molecule has 0 aliphatic carbocycles. The molecule has 0 saturated heterocycles. The second kappa shape index (κ2) is 4.99. The van der Waals surface area contributed by atoms with Gasteiger partial charge in [-0.2, -0.15) is 0 Å². The van der Waals surface area contributed by atoms with Crippen LogP contribution < -0.4 is 5.32 Å². The number of hydrogen-bond acceptors (Lipinski definition) is 1. The largest absolute Gasteiger partial charge is 0.355 e. The zero-order chi connectivity index (χ0) is 13.1. The first kappa shape index (κ1) is 11.5. The summed E-state index contributed by atoms with van der Waals surface area (Å²) in [5.74, 6) is 0. The van der Waals surface area contributed by atoms with Crippen LogP contribution in [-0.2, 0) is 0 Å². The standard InChI is InChI=1S/C10H8.C8H7N/c1-2-6-10-8-4-3-7-9(10)5-1;1-6-7-4-2-3-5-8(7)9-6/h1-8H;2-5,9H,1H2. The molecule has 19 heavy (non-hydrogen) atoms. The van der Waals surface area contributed by atoms with E-state index in [2.05, 4.69) is 66.5 Å². The summed E-state index contributed by atoms with van der Waals surface area (Å²) >= 11 is 0. The van der Waals surface area contributed by atoms with E-state index in [1.807, 2.05) is 18.2 Å². The van der Waals surface area contributed by atoms with Crippen molar-refractivity contribution < 1.29 is 0 Å². The van der Waals surface area contributed by atoms with Crippen molar-refractivity contribution in [1.82, 2.24) is 0 Å². The normalized spacial score (nSPS) is 11.7. The fourth-order valence-corrected chi connectivity index (χ4v) is 2.16. The molecule has 0 radical (unpaired) electrons. The van der Waals surface area contributed by atoms with Crippen molar-refractivity contribution in [2.24, 2.45) is 0 Å². The Labute approximate surface area is 113 Å². The number of benzene rings is 3. The second-order valence-electron chi connectivity index (χ2n) is 4.50. The Bertz CT molecular complexity index is 663. The van der Waals surface area contributed by atoms with E-state index in [4.69, 9.17) is 0 Å². The predicted molar refractivity (Wildman–Crippen MR) is 83.0 cm³/mol. The second-order valence-corrected chi connectivity index (χ2v) is 4.50. The van der Waals surface area contributed by atoms with Gasteiger partial charge in [-0.25, -0.2) is 0 Å². The third-order valence-electron chi connectivity index (χ3n) is 3.20. The molecule has 0 unspecified atom stereocenters. The highest BCUT2D eigenvalue weighted by Gasteiger charge is 2.13. The minimum absolute atomic E-state index is 1.03. The predicted octanol–water partition coefficient (Wildman–Crippen LogP) is 4.92. The van der Waals surface area contributed by atoms with Crippen molar-refractivity contribution in [3.8, 4) is 0 Å². The van der Waals surface area contributed by atoms with Crippen molar-refractivity contribution >= 4 is 22.2 Å². The van der Waals surface area contributed by atoms with Crippen LogP contribution in [0.3, 0.4) is 0 Å². The van der Waals surface area contributed by atoms with Crippen LogP contribution >= 0.6 is 0 Å². The Kier molecular flexibility index (Phi) is 3.03. The van der Waals surface area contributed by atoms with Gasteiger partial charge in [0.15, 0.2) is 0 Å². The number of fused-ring (bicyclic) bond motifs is 2. The SMILES string of the molecule is C=C1Nc2ccccc21.c1ccc2ccccc2c1. The number of para-hydroxylation sites is 1. The van der Waals surface area contributed by atoms with Gasteiger partial charge in [-0.15, -0.1) is 0 Å². The molecule has 1 aliphatic heterocycles. The molecule has 1 N–H and O–H groups in total. The first-order valence-corrected chi connectivity index (χ1v) is 6.34. The molecule has 92 valence electrons. The van der Waals surface area contributed by atoms with E-state index in [9.17, 15) is 0 Å². The van der Waals surface area contributed by atoms with Gasteiger partial charge in [0.25, 0.3) is 0 Å². The molecule has 4 rings (SSSR count). The van der Waals surface area contributed by atoms with Crippen LogP contribution in [0.2, 0.25) is 0 Å². The zero-order valence-corrected chi connectivity index (χ0v) is 10.6. The molecule has 1 heterocycles. The van der Waals surface area contributed by atoms with Gasteiger partial charge >= 0.3 is 0 Å². The Morgan fingerprint density at radius 3 is 1.53 bits per heavy atom. The molecule has 1 heteroatoms. The Hall–Kier alpha value is -2.54. The van der Waals surface area contributed by atoms with Gasteiger partial charge in [-0.1, -0.05) is 73.3 Å². The fourth-order valence-electron chi connectivity index (χ4n) is 2.16. The number of hydrogen-bond donors (Lipinski definition) is 1. The zero-order valence-electron chi connectivity index (χ0n) is 10.6. The molecule has 3 aromatic rings. The Morgan fingerprint density at radius 2 is 1.11 bits per heavy atom. The van der Waals surface area contributed by atoms with E-state index in [1.165, 1.54) is 22.0 Å². The summed E-state index contributed by atoms with van der Waals surface area (Å²) in [6.07, 6.45) is 0. The molecular weight excluding hydrogens is 230 g/mol. The van der Waals surface area contributed by atoms with Crippen LogP contribution in [-0.4, -0.2) is 0 Å². The third kappa shape index (κ3) is 2.36. The van der Waals surface area contributed by atoms with Crippen LogP contribution in [0.15, 0.2) is 79.4 Å². The van der Waals surface area contributed by atoms with E-state index in [0.29, 0.717) is 0 Å². The minimum atomic E-state index is 1.03. The summed E-state index contributed by atoms with van der Waals surface area (Å²) in [7, 11) is 0. The highest BCUT2D eigenvalue weighted by Crippen LogP contribution is 2.32. The van der Waals surface area contributed by atoms with E-state index in [0.717, 1.165) is 5.70 Å². The molecule has 0 fully saturated rings. The van der Waals surface area contributed by atoms with Gasteiger partial charge in [0, 0.05) is 16.9 Å². The smallest absolute Gasteiger partial charge is 0.0478 e.